The molecule has 2 aromatic rings. The molecular weight excluding hydrogens is 270 g/mol. The number of aryl methyl sites for hydroxylation is 2. The van der Waals surface area contributed by atoms with Crippen molar-refractivity contribution in [1.29, 1.82) is 0 Å². The monoisotopic (exact) mass is 281 g/mol. The molecule has 5 nitrogen and oxygen atoms in total. The van der Waals surface area contributed by atoms with Gasteiger partial charge < -0.3 is 5.73 Å². The molecular formula is C11H12ClN5S. The Bertz CT molecular complexity index is 579. The van der Waals surface area contributed by atoms with E-state index in [0.717, 1.165) is 17.0 Å². The smallest absolute Gasteiger partial charge is 0.221 e. The molecule has 0 atom stereocenters. The van der Waals surface area contributed by atoms with Crippen LogP contribution in [0.15, 0.2) is 16.4 Å². The highest BCUT2D eigenvalue weighted by atomic mass is 35.5. The molecule has 0 aliphatic rings. The molecule has 0 amide bonds. The number of halogens is 1. The first kappa shape index (κ1) is 13.0. The fourth-order valence-electron chi connectivity index (χ4n) is 1.31. The van der Waals surface area contributed by atoms with Gasteiger partial charge in [-0.1, -0.05) is 11.6 Å². The van der Waals surface area contributed by atoms with E-state index in [1.807, 2.05) is 20.8 Å². The molecule has 7 heteroatoms. The Morgan fingerprint density at radius 1 is 1.11 bits per heavy atom. The number of nitrogens with two attached hydrogens (primary N) is 1. The maximum Gasteiger partial charge on any atom is 0.221 e. The summed E-state index contributed by atoms with van der Waals surface area (Å²) in [5.74, 6) is 0.183. The van der Waals surface area contributed by atoms with E-state index in [1.54, 1.807) is 0 Å². The summed E-state index contributed by atoms with van der Waals surface area (Å²) in [5, 5.41) is 1.61. The molecule has 2 rings (SSSR count). The fourth-order valence-corrected chi connectivity index (χ4v) is 2.34. The maximum atomic E-state index is 6.00. The van der Waals surface area contributed by atoms with E-state index in [9.17, 15) is 0 Å². The van der Waals surface area contributed by atoms with E-state index in [-0.39, 0.29) is 5.95 Å². The highest BCUT2D eigenvalue weighted by molar-refractivity contribution is 7.99. The van der Waals surface area contributed by atoms with Crippen LogP contribution in [0.3, 0.4) is 0 Å². The highest BCUT2D eigenvalue weighted by Gasteiger charge is 2.10. The average Bonchev–Trinajstić information content (AvgIpc) is 2.31. The van der Waals surface area contributed by atoms with Crippen LogP contribution in [0.5, 0.6) is 0 Å². The molecule has 0 unspecified atom stereocenters. The van der Waals surface area contributed by atoms with E-state index in [0.29, 0.717) is 15.2 Å². The van der Waals surface area contributed by atoms with Crippen LogP contribution in [0.2, 0.25) is 5.02 Å². The maximum absolute atomic E-state index is 6.00. The van der Waals surface area contributed by atoms with Crippen LogP contribution in [-0.2, 0) is 0 Å². The quantitative estimate of drug-likeness (QED) is 0.673. The second-order valence-electron chi connectivity index (χ2n) is 3.79. The van der Waals surface area contributed by atoms with Gasteiger partial charge in [0.2, 0.25) is 5.95 Å². The van der Waals surface area contributed by atoms with E-state index >= 15 is 0 Å². The molecule has 0 bridgehead atoms. The van der Waals surface area contributed by atoms with Crippen LogP contribution in [0.1, 0.15) is 17.0 Å². The van der Waals surface area contributed by atoms with Gasteiger partial charge in [-0.2, -0.15) is 0 Å². The van der Waals surface area contributed by atoms with Crippen molar-refractivity contribution < 1.29 is 0 Å². The van der Waals surface area contributed by atoms with Crippen LogP contribution in [0.25, 0.3) is 0 Å². The number of rotatable bonds is 2. The summed E-state index contributed by atoms with van der Waals surface area (Å²) < 4.78 is 0. The number of aromatic nitrogens is 4. The Balaban J connectivity index is 2.37. The average molecular weight is 282 g/mol. The molecule has 0 aromatic carbocycles. The van der Waals surface area contributed by atoms with Crippen LogP contribution in [0, 0.1) is 20.8 Å². The summed E-state index contributed by atoms with van der Waals surface area (Å²) in [6.07, 6.45) is 1.47. The van der Waals surface area contributed by atoms with Crippen molar-refractivity contribution in [3.05, 3.63) is 28.2 Å². The second kappa shape index (κ2) is 5.07. The molecule has 0 spiro atoms. The van der Waals surface area contributed by atoms with E-state index < -0.39 is 0 Å². The van der Waals surface area contributed by atoms with Crippen LogP contribution in [0.4, 0.5) is 5.95 Å². The lowest BCUT2D eigenvalue weighted by Crippen LogP contribution is -2.00. The second-order valence-corrected chi connectivity index (χ2v) is 5.15. The van der Waals surface area contributed by atoms with Gasteiger partial charge in [-0.05, 0) is 38.1 Å². The van der Waals surface area contributed by atoms with E-state index in [2.05, 4.69) is 19.9 Å². The van der Waals surface area contributed by atoms with Crippen LogP contribution < -0.4 is 5.73 Å². The summed E-state index contributed by atoms with van der Waals surface area (Å²) in [7, 11) is 0. The summed E-state index contributed by atoms with van der Waals surface area (Å²) >= 11 is 7.28. The zero-order valence-corrected chi connectivity index (χ0v) is 11.8. The summed E-state index contributed by atoms with van der Waals surface area (Å²) in [6.45, 7) is 5.89. The van der Waals surface area contributed by atoms with Crippen molar-refractivity contribution in [3.63, 3.8) is 0 Å². The Labute approximate surface area is 114 Å². The van der Waals surface area contributed by atoms with Crippen molar-refractivity contribution >= 4 is 29.3 Å². The molecule has 94 valence electrons. The van der Waals surface area contributed by atoms with Gasteiger partial charge in [-0.25, -0.2) is 19.9 Å². The molecule has 0 fully saturated rings. The molecule has 2 heterocycles. The third kappa shape index (κ3) is 2.70. The fraction of sp³-hybridized carbons (Fsp3) is 0.273. The van der Waals surface area contributed by atoms with Crippen LogP contribution in [-0.4, -0.2) is 19.9 Å². The first-order valence-electron chi connectivity index (χ1n) is 5.25. The third-order valence-corrected chi connectivity index (χ3v) is 3.79. The Morgan fingerprint density at radius 2 is 1.72 bits per heavy atom. The molecule has 18 heavy (non-hydrogen) atoms. The van der Waals surface area contributed by atoms with Crippen molar-refractivity contribution in [2.45, 2.75) is 31.0 Å². The number of nitrogen functional groups attached to an aromatic ring is 1. The number of nitrogens with zero attached hydrogens (tertiary/aromatic N) is 4. The molecule has 2 N–H and O–H groups in total. The van der Waals surface area contributed by atoms with Gasteiger partial charge in [0.15, 0.2) is 5.16 Å². The molecule has 0 radical (unpaired) electrons. The zero-order chi connectivity index (χ0) is 13.3. The summed E-state index contributed by atoms with van der Waals surface area (Å²) in [4.78, 5) is 16.7. The van der Waals surface area contributed by atoms with Gasteiger partial charge in [0.25, 0.3) is 0 Å². The van der Waals surface area contributed by atoms with Gasteiger partial charge in [0.1, 0.15) is 5.03 Å². The molecule has 0 saturated heterocycles. The molecule has 2 aromatic heterocycles. The largest absolute Gasteiger partial charge is 0.368 e. The Kier molecular flexibility index (Phi) is 3.68. The first-order valence-corrected chi connectivity index (χ1v) is 6.44. The Morgan fingerprint density at radius 3 is 2.33 bits per heavy atom. The van der Waals surface area contributed by atoms with Gasteiger partial charge in [-0.3, -0.25) is 0 Å². The standard InChI is InChI=1S/C11H12ClN5S/c1-5-6(2)15-11(16-7(5)3)18-9-8(12)4-14-10(13)17-9/h4H,1-3H3,(H2,13,14,17). The lowest BCUT2D eigenvalue weighted by atomic mass is 10.2. The lowest BCUT2D eigenvalue weighted by molar-refractivity contribution is 0.877. The van der Waals surface area contributed by atoms with Crippen molar-refractivity contribution in [1.82, 2.24) is 19.9 Å². The molecule has 0 aliphatic heterocycles. The normalized spacial score (nSPS) is 10.7. The summed E-state index contributed by atoms with van der Waals surface area (Å²) in [5.41, 5.74) is 8.52. The first-order chi connectivity index (χ1) is 8.47. The lowest BCUT2D eigenvalue weighted by Gasteiger charge is -2.07. The van der Waals surface area contributed by atoms with Crippen molar-refractivity contribution in [2.24, 2.45) is 0 Å². The van der Waals surface area contributed by atoms with Crippen molar-refractivity contribution in [3.8, 4) is 0 Å². The molecule has 0 aliphatic carbocycles. The Hall–Kier alpha value is -1.40. The van der Waals surface area contributed by atoms with E-state index in [4.69, 9.17) is 17.3 Å². The minimum Gasteiger partial charge on any atom is -0.368 e. The van der Waals surface area contributed by atoms with Gasteiger partial charge in [-0.15, -0.1) is 0 Å². The minimum absolute atomic E-state index is 0.183. The summed E-state index contributed by atoms with van der Waals surface area (Å²) in [6, 6.07) is 0. The van der Waals surface area contributed by atoms with Gasteiger partial charge in [0.05, 0.1) is 11.2 Å². The predicted octanol–water partition coefficient (Wildman–Crippen LogP) is 2.58. The van der Waals surface area contributed by atoms with Gasteiger partial charge in [0, 0.05) is 11.4 Å². The zero-order valence-electron chi connectivity index (χ0n) is 10.2. The number of anilines is 1. The number of hydrogen-bond acceptors (Lipinski definition) is 6. The minimum atomic E-state index is 0.183. The number of hydrogen-bond donors (Lipinski definition) is 1. The molecule has 0 saturated carbocycles. The SMILES string of the molecule is Cc1nc(Sc2nc(N)ncc2Cl)nc(C)c1C. The predicted molar refractivity (Wildman–Crippen MR) is 71.8 cm³/mol. The topological polar surface area (TPSA) is 77.6 Å². The highest BCUT2D eigenvalue weighted by Crippen LogP contribution is 2.30. The van der Waals surface area contributed by atoms with Crippen LogP contribution >= 0.6 is 23.4 Å². The van der Waals surface area contributed by atoms with Gasteiger partial charge >= 0.3 is 0 Å². The third-order valence-electron chi connectivity index (χ3n) is 2.53. The van der Waals surface area contributed by atoms with Crippen molar-refractivity contribution in [2.75, 3.05) is 5.73 Å². The van der Waals surface area contributed by atoms with E-state index in [1.165, 1.54) is 18.0 Å².